The van der Waals surface area contributed by atoms with Crippen LogP contribution in [0.1, 0.15) is 45.1 Å². The van der Waals surface area contributed by atoms with Crippen LogP contribution in [0.3, 0.4) is 0 Å². The topological polar surface area (TPSA) is 83.8 Å². The van der Waals surface area contributed by atoms with Crippen molar-refractivity contribution in [3.05, 3.63) is 47.7 Å². The van der Waals surface area contributed by atoms with Gasteiger partial charge in [0.2, 0.25) is 0 Å². The second-order valence-electron chi connectivity index (χ2n) is 13.5. The summed E-state index contributed by atoms with van der Waals surface area (Å²) in [7, 11) is 0. The van der Waals surface area contributed by atoms with Crippen molar-refractivity contribution in [2.24, 2.45) is 11.3 Å². The molecule has 0 bridgehead atoms. The Morgan fingerprint density at radius 1 is 1.14 bits per heavy atom. The lowest BCUT2D eigenvalue weighted by Crippen LogP contribution is -2.44. The highest BCUT2D eigenvalue weighted by Gasteiger charge is 2.48. The highest BCUT2D eigenvalue weighted by molar-refractivity contribution is 6.01. The summed E-state index contributed by atoms with van der Waals surface area (Å²) in [6, 6.07) is 6.14. The van der Waals surface area contributed by atoms with Crippen molar-refractivity contribution in [2.75, 3.05) is 50.9 Å². The molecule has 8 rings (SSSR count). The molecule has 2 atom stereocenters. The van der Waals surface area contributed by atoms with Gasteiger partial charge in [-0.15, -0.1) is 0 Å². The monoisotopic (exact) mass is 601 g/mol. The molecule has 0 amide bonds. The molecule has 0 unspecified atom stereocenters. The summed E-state index contributed by atoms with van der Waals surface area (Å²) in [5.41, 5.74) is 0.932. The maximum atomic E-state index is 16.8. The minimum atomic E-state index is -0.648. The van der Waals surface area contributed by atoms with Gasteiger partial charge in [0.15, 0.2) is 5.82 Å². The number of aromatic hydroxyl groups is 1. The number of phenols is 1. The van der Waals surface area contributed by atoms with Gasteiger partial charge < -0.3 is 19.5 Å². The van der Waals surface area contributed by atoms with Crippen LogP contribution >= 0.6 is 0 Å². The van der Waals surface area contributed by atoms with Gasteiger partial charge in [0.1, 0.15) is 35.2 Å². The lowest BCUT2D eigenvalue weighted by atomic mass is 9.85. The van der Waals surface area contributed by atoms with Gasteiger partial charge in [-0.3, -0.25) is 9.88 Å². The number of rotatable bonds is 6. The lowest BCUT2D eigenvalue weighted by Gasteiger charge is -2.37. The molecule has 44 heavy (non-hydrogen) atoms. The Hall–Kier alpha value is -3.63. The molecule has 6 heterocycles. The van der Waals surface area contributed by atoms with Crippen LogP contribution in [0.25, 0.3) is 32.9 Å². The number of hydrogen-bond donors (Lipinski definition) is 1. The second-order valence-corrected chi connectivity index (χ2v) is 13.5. The van der Waals surface area contributed by atoms with Gasteiger partial charge in [0.25, 0.3) is 0 Å². The number of ether oxygens (including phenoxy) is 2. The normalized spacial score (nSPS) is 24.5. The van der Waals surface area contributed by atoms with E-state index in [4.69, 9.17) is 14.5 Å². The number of pyridine rings is 1. The summed E-state index contributed by atoms with van der Waals surface area (Å²) in [5.74, 6) is 0.126. The van der Waals surface area contributed by atoms with Gasteiger partial charge in [-0.2, -0.15) is 9.97 Å². The maximum Gasteiger partial charge on any atom is 0.319 e. The number of hydrogen-bond acceptors (Lipinski definition) is 8. The van der Waals surface area contributed by atoms with Crippen molar-refractivity contribution in [3.63, 3.8) is 0 Å². The Bertz CT molecular complexity index is 1800. The molecule has 4 fully saturated rings. The summed E-state index contributed by atoms with van der Waals surface area (Å²) in [6.07, 6.45) is 6.24. The first kappa shape index (κ1) is 27.9. The van der Waals surface area contributed by atoms with Gasteiger partial charge in [0, 0.05) is 36.8 Å². The van der Waals surface area contributed by atoms with E-state index in [0.717, 1.165) is 51.9 Å². The molecule has 2 aromatic heterocycles. The molecule has 1 spiro atoms. The van der Waals surface area contributed by atoms with Crippen LogP contribution in [0.5, 0.6) is 11.8 Å². The number of phenolic OH excluding ortho intramolecular Hbond substituents is 1. The average molecular weight is 602 g/mol. The standard InChI is InChI=1S/C34H37F2N5O3/c1-3-23-26(35)6-5-21-11-22(42)12-24(27(21)23)29-28(36)30-25(14-37-29)31(40-10-8-33(16-40)17-43-18-33)39-32(38-30)44-19-34-7-4-9-41(34)15-20(2)13-34/h5-6,11-12,14,20,42H,3-4,7-10,13,15-19H2,1-2H3/t20-,34+/m1/s1. The van der Waals surface area contributed by atoms with Gasteiger partial charge in [-0.1, -0.05) is 19.9 Å². The number of halogens is 2. The van der Waals surface area contributed by atoms with Gasteiger partial charge >= 0.3 is 6.01 Å². The van der Waals surface area contributed by atoms with E-state index in [1.54, 1.807) is 18.3 Å². The molecule has 0 radical (unpaired) electrons. The molecule has 4 saturated heterocycles. The fraction of sp³-hybridized carbons (Fsp3) is 0.500. The van der Waals surface area contributed by atoms with Crippen molar-refractivity contribution in [3.8, 4) is 23.0 Å². The van der Waals surface area contributed by atoms with Crippen LogP contribution in [-0.2, 0) is 11.2 Å². The zero-order valence-corrected chi connectivity index (χ0v) is 25.2. The predicted molar refractivity (Wildman–Crippen MR) is 164 cm³/mol. The van der Waals surface area contributed by atoms with Crippen molar-refractivity contribution in [1.29, 1.82) is 0 Å². The van der Waals surface area contributed by atoms with Crippen LogP contribution < -0.4 is 9.64 Å². The minimum absolute atomic E-state index is 0.00441. The second kappa shape index (κ2) is 10.2. The van der Waals surface area contributed by atoms with E-state index in [0.29, 0.717) is 65.3 Å². The van der Waals surface area contributed by atoms with E-state index in [1.165, 1.54) is 12.1 Å². The Morgan fingerprint density at radius 3 is 2.77 bits per heavy atom. The van der Waals surface area contributed by atoms with Crippen LogP contribution in [0.2, 0.25) is 0 Å². The Morgan fingerprint density at radius 2 is 2.00 bits per heavy atom. The highest BCUT2D eigenvalue weighted by Crippen LogP contribution is 2.44. The number of benzene rings is 2. The molecule has 4 aliphatic heterocycles. The zero-order chi connectivity index (χ0) is 30.2. The molecule has 0 aliphatic carbocycles. The first-order valence-corrected chi connectivity index (χ1v) is 15.8. The highest BCUT2D eigenvalue weighted by atomic mass is 19.1. The lowest BCUT2D eigenvalue weighted by molar-refractivity contribution is -0.0985. The molecule has 4 aliphatic rings. The third kappa shape index (κ3) is 4.32. The largest absolute Gasteiger partial charge is 0.508 e. The SMILES string of the molecule is CCc1c(F)ccc2cc(O)cc(-c3ncc4c(N5CCC6(COC6)C5)nc(OC[C@@]56CCCN5C[C@H](C)C6)nc4c3F)c12. The summed E-state index contributed by atoms with van der Waals surface area (Å²) in [5, 5.41) is 12.2. The predicted octanol–water partition coefficient (Wildman–Crippen LogP) is 5.87. The average Bonchev–Trinajstić information content (AvgIpc) is 3.69. The third-order valence-electron chi connectivity index (χ3n) is 10.4. The van der Waals surface area contributed by atoms with E-state index in [-0.39, 0.29) is 39.7 Å². The van der Waals surface area contributed by atoms with Crippen LogP contribution in [0.15, 0.2) is 30.5 Å². The molecule has 1 N–H and O–H groups in total. The number of nitrogens with zero attached hydrogens (tertiary/aromatic N) is 5. The first-order valence-electron chi connectivity index (χ1n) is 15.8. The molecule has 8 nitrogen and oxygen atoms in total. The molecule has 2 aromatic carbocycles. The van der Waals surface area contributed by atoms with Crippen LogP contribution in [0.4, 0.5) is 14.6 Å². The van der Waals surface area contributed by atoms with Gasteiger partial charge in [0.05, 0.1) is 24.1 Å². The maximum absolute atomic E-state index is 16.8. The minimum Gasteiger partial charge on any atom is -0.508 e. The number of aromatic nitrogens is 3. The summed E-state index contributed by atoms with van der Waals surface area (Å²) in [6.45, 7) is 9.67. The quantitative estimate of drug-likeness (QED) is 0.294. The Labute approximate surface area is 255 Å². The summed E-state index contributed by atoms with van der Waals surface area (Å²) < 4.78 is 43.7. The van der Waals surface area contributed by atoms with Gasteiger partial charge in [-0.25, -0.2) is 8.78 Å². The van der Waals surface area contributed by atoms with Crippen molar-refractivity contribution >= 4 is 27.5 Å². The van der Waals surface area contributed by atoms with E-state index in [2.05, 4.69) is 26.7 Å². The zero-order valence-electron chi connectivity index (χ0n) is 25.2. The van der Waals surface area contributed by atoms with E-state index >= 15 is 4.39 Å². The fourth-order valence-corrected chi connectivity index (χ4v) is 8.31. The molecule has 4 aromatic rings. The Balaban J connectivity index is 1.26. The molecular formula is C34H37F2N5O3. The number of aryl methyl sites for hydroxylation is 1. The van der Waals surface area contributed by atoms with Gasteiger partial charge in [-0.05, 0) is 79.1 Å². The third-order valence-corrected chi connectivity index (χ3v) is 10.4. The molecule has 230 valence electrons. The number of anilines is 1. The molecular weight excluding hydrogens is 564 g/mol. The Kier molecular flexibility index (Phi) is 6.47. The molecule has 10 heteroatoms. The smallest absolute Gasteiger partial charge is 0.319 e. The summed E-state index contributed by atoms with van der Waals surface area (Å²) in [4.78, 5) is 18.8. The van der Waals surface area contributed by atoms with Crippen LogP contribution in [-0.4, -0.2) is 76.5 Å². The van der Waals surface area contributed by atoms with Crippen molar-refractivity contribution in [1.82, 2.24) is 19.9 Å². The first-order chi connectivity index (χ1) is 21.3. The van der Waals surface area contributed by atoms with E-state index in [9.17, 15) is 9.50 Å². The van der Waals surface area contributed by atoms with E-state index < -0.39 is 5.82 Å². The van der Waals surface area contributed by atoms with Crippen molar-refractivity contribution < 1.29 is 23.4 Å². The molecule has 0 saturated carbocycles. The van der Waals surface area contributed by atoms with Crippen molar-refractivity contribution in [2.45, 2.75) is 51.5 Å². The number of fused-ring (bicyclic) bond motifs is 3. The van der Waals surface area contributed by atoms with Crippen LogP contribution in [0, 0.1) is 23.0 Å². The van der Waals surface area contributed by atoms with E-state index in [1.807, 2.05) is 6.92 Å². The summed E-state index contributed by atoms with van der Waals surface area (Å²) >= 11 is 0. The fourth-order valence-electron chi connectivity index (χ4n) is 8.31.